The molecule has 0 aliphatic heterocycles. The van der Waals surface area contributed by atoms with Crippen molar-refractivity contribution in [3.8, 4) is 0 Å². The highest BCUT2D eigenvalue weighted by Crippen LogP contribution is 2.33. The summed E-state index contributed by atoms with van der Waals surface area (Å²) in [6.07, 6.45) is 6.35. The molecule has 0 N–H and O–H groups in total. The number of aryl methyl sites for hydroxylation is 1. The molecule has 0 bridgehead atoms. The lowest BCUT2D eigenvalue weighted by molar-refractivity contribution is -0.117. The number of aliphatic imine (C=N–C) groups is 2. The lowest BCUT2D eigenvalue weighted by atomic mass is 9.77. The van der Waals surface area contributed by atoms with E-state index in [1.165, 1.54) is 17.7 Å². The van der Waals surface area contributed by atoms with Crippen LogP contribution in [0.5, 0.6) is 0 Å². The minimum Gasteiger partial charge on any atom is -0.295 e. The molecule has 5 nitrogen and oxygen atoms in total. The first-order valence-electron chi connectivity index (χ1n) is 7.24. The molecule has 0 saturated heterocycles. The molecule has 1 aliphatic rings. The second-order valence-corrected chi connectivity index (χ2v) is 6.32. The van der Waals surface area contributed by atoms with Crippen molar-refractivity contribution in [2.24, 2.45) is 15.4 Å². The van der Waals surface area contributed by atoms with Gasteiger partial charge < -0.3 is 0 Å². The fourth-order valence-corrected chi connectivity index (χ4v) is 2.64. The van der Waals surface area contributed by atoms with Crippen molar-refractivity contribution in [3.63, 3.8) is 0 Å². The summed E-state index contributed by atoms with van der Waals surface area (Å²) in [4.78, 5) is 37.9. The molecular formula is C18H20N2O3. The number of hydrogen-bond acceptors (Lipinski definition) is 5. The summed E-state index contributed by atoms with van der Waals surface area (Å²) < 4.78 is 0. The molecule has 23 heavy (non-hydrogen) atoms. The predicted molar refractivity (Wildman–Crippen MR) is 88.5 cm³/mol. The number of hydrogen-bond donors (Lipinski definition) is 0. The Labute approximate surface area is 135 Å². The summed E-state index contributed by atoms with van der Waals surface area (Å²) in [6.45, 7) is 8.07. The van der Waals surface area contributed by atoms with Gasteiger partial charge in [-0.2, -0.15) is 9.98 Å². The number of ketones is 1. The molecule has 0 atom stereocenters. The Balaban J connectivity index is 0.000000238. The van der Waals surface area contributed by atoms with Gasteiger partial charge in [0.1, 0.15) is 11.4 Å². The monoisotopic (exact) mass is 312 g/mol. The lowest BCUT2D eigenvalue weighted by Gasteiger charge is -2.27. The molecule has 0 unspecified atom stereocenters. The second-order valence-electron chi connectivity index (χ2n) is 6.32. The number of carbonyl (C=O) groups is 1. The van der Waals surface area contributed by atoms with E-state index in [-0.39, 0.29) is 11.2 Å². The van der Waals surface area contributed by atoms with Crippen molar-refractivity contribution in [2.45, 2.75) is 40.5 Å². The van der Waals surface area contributed by atoms with E-state index in [0.717, 1.165) is 12.0 Å². The molecule has 120 valence electrons. The number of benzene rings is 1. The minimum absolute atomic E-state index is 0.204. The van der Waals surface area contributed by atoms with Gasteiger partial charge >= 0.3 is 0 Å². The highest BCUT2D eigenvalue weighted by Gasteiger charge is 2.25. The SMILES string of the molecule is CC1=CC(=O)CC(C)(C)C1.Cc1cccc(N=C=O)c1N=C=O. The number of para-hydroxylation sites is 1. The maximum Gasteiger partial charge on any atom is 0.240 e. The largest absolute Gasteiger partial charge is 0.295 e. The normalized spacial score (nSPS) is 15.3. The van der Waals surface area contributed by atoms with Crippen LogP contribution in [0.3, 0.4) is 0 Å². The second kappa shape index (κ2) is 8.14. The summed E-state index contributed by atoms with van der Waals surface area (Å²) in [6, 6.07) is 5.06. The van der Waals surface area contributed by atoms with Crippen molar-refractivity contribution in [3.05, 3.63) is 35.4 Å². The quantitative estimate of drug-likeness (QED) is 0.605. The summed E-state index contributed by atoms with van der Waals surface area (Å²) in [5, 5.41) is 0. The molecule has 0 amide bonds. The first kappa shape index (κ1) is 18.4. The van der Waals surface area contributed by atoms with Gasteiger partial charge in [0.05, 0.1) is 0 Å². The van der Waals surface area contributed by atoms with E-state index in [2.05, 4.69) is 23.8 Å². The highest BCUT2D eigenvalue weighted by atomic mass is 16.1. The maximum atomic E-state index is 11.0. The molecule has 0 heterocycles. The molecule has 1 aromatic carbocycles. The molecular weight excluding hydrogens is 292 g/mol. The zero-order valence-electron chi connectivity index (χ0n) is 13.8. The van der Waals surface area contributed by atoms with Crippen LogP contribution in [-0.4, -0.2) is 17.9 Å². The van der Waals surface area contributed by atoms with Crippen LogP contribution in [0, 0.1) is 12.3 Å². The number of isocyanates is 2. The zero-order valence-corrected chi connectivity index (χ0v) is 13.8. The van der Waals surface area contributed by atoms with Gasteiger partial charge in [-0.05, 0) is 43.4 Å². The maximum absolute atomic E-state index is 11.0. The van der Waals surface area contributed by atoms with Gasteiger partial charge in [-0.15, -0.1) is 0 Å². The van der Waals surface area contributed by atoms with Gasteiger partial charge in [-0.1, -0.05) is 31.6 Å². The van der Waals surface area contributed by atoms with Crippen LogP contribution >= 0.6 is 0 Å². The van der Waals surface area contributed by atoms with E-state index in [1.54, 1.807) is 31.2 Å². The Hall–Kier alpha value is -2.61. The van der Waals surface area contributed by atoms with E-state index < -0.39 is 0 Å². The van der Waals surface area contributed by atoms with E-state index in [9.17, 15) is 14.4 Å². The number of nitrogens with zero attached hydrogens (tertiary/aromatic N) is 2. The molecule has 0 spiro atoms. The number of allylic oxidation sites excluding steroid dienone is 2. The summed E-state index contributed by atoms with van der Waals surface area (Å²) in [5.41, 5.74) is 2.89. The summed E-state index contributed by atoms with van der Waals surface area (Å²) in [7, 11) is 0. The molecule has 2 rings (SSSR count). The third-order valence-corrected chi connectivity index (χ3v) is 3.36. The molecule has 1 aliphatic carbocycles. The first-order valence-corrected chi connectivity index (χ1v) is 7.24. The van der Waals surface area contributed by atoms with Crippen molar-refractivity contribution >= 4 is 29.3 Å². The highest BCUT2D eigenvalue weighted by molar-refractivity contribution is 5.91. The Morgan fingerprint density at radius 3 is 2.22 bits per heavy atom. The lowest BCUT2D eigenvalue weighted by Crippen LogP contribution is -2.20. The Morgan fingerprint density at radius 1 is 1.04 bits per heavy atom. The Kier molecular flexibility index (Phi) is 6.52. The zero-order chi connectivity index (χ0) is 17.5. The van der Waals surface area contributed by atoms with Gasteiger partial charge in [-0.3, -0.25) is 4.79 Å². The average Bonchev–Trinajstić information content (AvgIpc) is 2.41. The van der Waals surface area contributed by atoms with Gasteiger partial charge in [0, 0.05) is 6.42 Å². The molecule has 0 radical (unpaired) electrons. The standard InChI is InChI=1S/C9H6N2O2.C9H14O/c1-7-3-2-4-8(10-5-12)9(7)11-6-13;1-7-4-8(10)6-9(2,3)5-7/h2-4H,1H3;4H,5-6H2,1-3H3. The van der Waals surface area contributed by atoms with Crippen molar-refractivity contribution in [2.75, 3.05) is 0 Å². The Bertz CT molecular complexity index is 720. The average molecular weight is 312 g/mol. The van der Waals surface area contributed by atoms with Crippen LogP contribution in [0.15, 0.2) is 39.8 Å². The molecule has 0 fully saturated rings. The smallest absolute Gasteiger partial charge is 0.240 e. The molecule has 5 heteroatoms. The van der Waals surface area contributed by atoms with Gasteiger partial charge in [0.15, 0.2) is 5.78 Å². The molecule has 0 aromatic heterocycles. The van der Waals surface area contributed by atoms with Gasteiger partial charge in [0.25, 0.3) is 0 Å². The van der Waals surface area contributed by atoms with Crippen molar-refractivity contribution in [1.82, 2.24) is 0 Å². The van der Waals surface area contributed by atoms with Crippen LogP contribution in [0.2, 0.25) is 0 Å². The van der Waals surface area contributed by atoms with Crippen LogP contribution in [0.25, 0.3) is 0 Å². The van der Waals surface area contributed by atoms with Crippen LogP contribution < -0.4 is 0 Å². The van der Waals surface area contributed by atoms with Crippen LogP contribution in [-0.2, 0) is 14.4 Å². The number of carbonyl (C=O) groups excluding carboxylic acids is 3. The van der Waals surface area contributed by atoms with E-state index in [4.69, 9.17) is 0 Å². The van der Waals surface area contributed by atoms with Crippen LogP contribution in [0.4, 0.5) is 11.4 Å². The van der Waals surface area contributed by atoms with Gasteiger partial charge in [-0.25, -0.2) is 9.59 Å². The van der Waals surface area contributed by atoms with E-state index >= 15 is 0 Å². The fraction of sp³-hybridized carbons (Fsp3) is 0.389. The molecule has 1 aromatic rings. The predicted octanol–water partition coefficient (Wildman–Crippen LogP) is 4.25. The third-order valence-electron chi connectivity index (χ3n) is 3.36. The summed E-state index contributed by atoms with van der Waals surface area (Å²) in [5.74, 6) is 0.286. The molecule has 0 saturated carbocycles. The number of rotatable bonds is 2. The fourth-order valence-electron chi connectivity index (χ4n) is 2.64. The van der Waals surface area contributed by atoms with E-state index in [0.29, 0.717) is 17.8 Å². The third kappa shape index (κ3) is 5.95. The van der Waals surface area contributed by atoms with Crippen LogP contribution in [0.1, 0.15) is 39.2 Å². The minimum atomic E-state index is 0.204. The topological polar surface area (TPSA) is 75.9 Å². The van der Waals surface area contributed by atoms with Crippen molar-refractivity contribution in [1.29, 1.82) is 0 Å². The van der Waals surface area contributed by atoms with E-state index in [1.807, 2.05) is 6.92 Å². The Morgan fingerprint density at radius 2 is 1.70 bits per heavy atom. The first-order chi connectivity index (χ1) is 10.8. The summed E-state index contributed by atoms with van der Waals surface area (Å²) >= 11 is 0. The van der Waals surface area contributed by atoms with Crippen molar-refractivity contribution < 1.29 is 14.4 Å². The van der Waals surface area contributed by atoms with Gasteiger partial charge in [0.2, 0.25) is 12.2 Å².